The van der Waals surface area contributed by atoms with Gasteiger partial charge in [0.2, 0.25) is 0 Å². The second-order valence-electron chi connectivity index (χ2n) is 14.3. The molecule has 222 valence electrons. The maximum atomic E-state index is 12.4. The fourth-order valence-electron chi connectivity index (χ4n) is 9.23. The van der Waals surface area contributed by atoms with E-state index in [0.29, 0.717) is 30.5 Å². The predicted molar refractivity (Wildman–Crippen MR) is 153 cm³/mol. The molecule has 2 heterocycles. The van der Waals surface area contributed by atoms with Gasteiger partial charge >= 0.3 is 5.97 Å². The van der Waals surface area contributed by atoms with E-state index in [0.717, 1.165) is 58.4 Å². The molecule has 2 aliphatic heterocycles. The summed E-state index contributed by atoms with van der Waals surface area (Å²) in [5, 5.41) is 0. The van der Waals surface area contributed by atoms with Gasteiger partial charge < -0.3 is 18.9 Å². The predicted octanol–water partition coefficient (Wildman–Crippen LogP) is 6.52. The van der Waals surface area contributed by atoms with Crippen molar-refractivity contribution in [3.63, 3.8) is 0 Å². The van der Waals surface area contributed by atoms with Gasteiger partial charge in [0, 0.05) is 31.0 Å². The molecule has 1 unspecified atom stereocenters. The van der Waals surface area contributed by atoms with Gasteiger partial charge in [-0.15, -0.1) is 0 Å². The Hall–Kier alpha value is -0.950. The molecule has 5 fully saturated rings. The Labute approximate surface area is 237 Å². The molecule has 0 bridgehead atoms. The van der Waals surface area contributed by atoms with Crippen molar-refractivity contribution in [2.75, 3.05) is 32.9 Å². The second kappa shape index (κ2) is 11.7. The van der Waals surface area contributed by atoms with Crippen LogP contribution in [-0.2, 0) is 23.7 Å². The number of esters is 1. The van der Waals surface area contributed by atoms with Crippen molar-refractivity contribution in [3.8, 4) is 0 Å². The molecule has 0 aromatic heterocycles. The summed E-state index contributed by atoms with van der Waals surface area (Å²) >= 11 is 0. The molecule has 3 saturated carbocycles. The molecule has 0 aromatic rings. The summed E-state index contributed by atoms with van der Waals surface area (Å²) in [5.74, 6) is 1.55. The summed E-state index contributed by atoms with van der Waals surface area (Å²) in [6, 6.07) is 0. The minimum absolute atomic E-state index is 0.0203. The van der Waals surface area contributed by atoms with Crippen LogP contribution in [0.1, 0.15) is 105 Å². The highest BCUT2D eigenvalue weighted by Gasteiger charge is 2.60. The molecule has 0 aromatic carbocycles. The van der Waals surface area contributed by atoms with Crippen molar-refractivity contribution in [3.05, 3.63) is 12.2 Å². The molecule has 2 saturated heterocycles. The summed E-state index contributed by atoms with van der Waals surface area (Å²) < 4.78 is 25.1. The van der Waals surface area contributed by atoms with Crippen molar-refractivity contribution in [1.29, 1.82) is 0 Å². The van der Waals surface area contributed by atoms with Crippen LogP contribution in [0, 0.1) is 28.6 Å². The third-order valence-corrected chi connectivity index (χ3v) is 11.7. The number of likely N-dealkylation sites (tertiary alicyclic amines) is 1. The van der Waals surface area contributed by atoms with E-state index in [1.54, 1.807) is 0 Å². The highest BCUT2D eigenvalue weighted by molar-refractivity contribution is 5.79. The molecule has 3 aliphatic carbocycles. The highest BCUT2D eigenvalue weighted by Crippen LogP contribution is 2.63. The molecule has 5 rings (SSSR count). The van der Waals surface area contributed by atoms with E-state index >= 15 is 0 Å². The number of allylic oxidation sites excluding steroid dienone is 1. The molecule has 5 aliphatic rings. The number of nitrogens with zero attached hydrogens (tertiary/aromatic N) is 1. The number of carbonyl (C=O) groups is 1. The van der Waals surface area contributed by atoms with Gasteiger partial charge in [-0.1, -0.05) is 38.8 Å². The van der Waals surface area contributed by atoms with E-state index in [4.69, 9.17) is 18.9 Å². The van der Waals surface area contributed by atoms with E-state index < -0.39 is 5.54 Å². The summed E-state index contributed by atoms with van der Waals surface area (Å²) in [5.41, 5.74) is 1.15. The minimum atomic E-state index is -0.580. The zero-order chi connectivity index (χ0) is 27.8. The van der Waals surface area contributed by atoms with Crippen LogP contribution in [-0.4, -0.2) is 67.8 Å². The SMILES string of the molecule is C=C1CCC2[C@]3(C)CO[C@@H](C4CCCC4)O[C@@H]3CC[C@@]2(C)[C@@H]1CCOC1CCN(C(C)(C)C(=O)OCC)CC1. The lowest BCUT2D eigenvalue weighted by Crippen LogP contribution is -2.62. The molecular weight excluding hydrogens is 490 g/mol. The van der Waals surface area contributed by atoms with E-state index in [1.165, 1.54) is 44.1 Å². The lowest BCUT2D eigenvalue weighted by molar-refractivity contribution is -0.316. The molecule has 6 nitrogen and oxygen atoms in total. The van der Waals surface area contributed by atoms with Crippen LogP contribution < -0.4 is 0 Å². The van der Waals surface area contributed by atoms with Gasteiger partial charge in [-0.2, -0.15) is 0 Å². The Morgan fingerprint density at radius 3 is 2.49 bits per heavy atom. The number of ether oxygens (including phenoxy) is 4. The summed E-state index contributed by atoms with van der Waals surface area (Å²) in [6.45, 7) is 19.2. The van der Waals surface area contributed by atoms with Crippen LogP contribution in [0.5, 0.6) is 0 Å². The quantitative estimate of drug-likeness (QED) is 0.256. The first kappa shape index (κ1) is 29.5. The Balaban J connectivity index is 1.15. The van der Waals surface area contributed by atoms with Gasteiger partial charge in [0.05, 0.1) is 25.4 Å². The number of carbonyl (C=O) groups excluding carboxylic acids is 1. The standard InChI is InChI=1S/C33H55NO5/c1-7-36-30(35)31(3,4)34-19-15-25(16-20-34)37-21-17-26-23(2)12-13-27-32(26,5)18-14-28-33(27,6)22-38-29(39-28)24-10-8-9-11-24/h24-29H,2,7-22H2,1,3-6H3/t26-,27?,28-,29-,32+,33+/m1/s1. The van der Waals surface area contributed by atoms with Crippen molar-refractivity contribution >= 4 is 5.97 Å². The average Bonchev–Trinajstić information content (AvgIpc) is 3.45. The number of hydrogen-bond donors (Lipinski definition) is 0. The Bertz CT molecular complexity index is 875. The van der Waals surface area contributed by atoms with Gasteiger partial charge in [0.15, 0.2) is 6.29 Å². The van der Waals surface area contributed by atoms with Crippen molar-refractivity contribution in [2.24, 2.45) is 28.6 Å². The monoisotopic (exact) mass is 545 g/mol. The van der Waals surface area contributed by atoms with Crippen LogP contribution in [0.2, 0.25) is 0 Å². The molecule has 0 N–H and O–H groups in total. The van der Waals surface area contributed by atoms with Gasteiger partial charge in [0.1, 0.15) is 5.54 Å². The largest absolute Gasteiger partial charge is 0.465 e. The minimum Gasteiger partial charge on any atom is -0.465 e. The summed E-state index contributed by atoms with van der Waals surface area (Å²) in [4.78, 5) is 14.7. The first-order valence-electron chi connectivity index (χ1n) is 16.1. The molecule has 39 heavy (non-hydrogen) atoms. The zero-order valence-corrected chi connectivity index (χ0v) is 25.5. The van der Waals surface area contributed by atoms with Crippen LogP contribution in [0.4, 0.5) is 0 Å². The third kappa shape index (κ3) is 5.61. The molecule has 6 atom stereocenters. The summed E-state index contributed by atoms with van der Waals surface area (Å²) in [6.07, 6.45) is 13.4. The van der Waals surface area contributed by atoms with E-state index in [1.807, 2.05) is 20.8 Å². The van der Waals surface area contributed by atoms with Crippen LogP contribution in [0.15, 0.2) is 12.2 Å². The second-order valence-corrected chi connectivity index (χ2v) is 14.3. The van der Waals surface area contributed by atoms with Gasteiger partial charge in [-0.3, -0.25) is 9.69 Å². The molecule has 6 heteroatoms. The van der Waals surface area contributed by atoms with Crippen LogP contribution in [0.25, 0.3) is 0 Å². The van der Waals surface area contributed by atoms with Crippen LogP contribution >= 0.6 is 0 Å². The number of hydrogen-bond acceptors (Lipinski definition) is 6. The first-order chi connectivity index (χ1) is 18.6. The number of fused-ring (bicyclic) bond motifs is 3. The average molecular weight is 546 g/mol. The highest BCUT2D eigenvalue weighted by atomic mass is 16.7. The summed E-state index contributed by atoms with van der Waals surface area (Å²) in [7, 11) is 0. The smallest absolute Gasteiger partial charge is 0.325 e. The third-order valence-electron chi connectivity index (χ3n) is 11.7. The van der Waals surface area contributed by atoms with E-state index in [-0.39, 0.29) is 29.2 Å². The van der Waals surface area contributed by atoms with Gasteiger partial charge in [0.25, 0.3) is 0 Å². The number of piperidine rings is 1. The normalized spacial score (nSPS) is 38.8. The Morgan fingerprint density at radius 1 is 1.08 bits per heavy atom. The topological polar surface area (TPSA) is 57.2 Å². The Morgan fingerprint density at radius 2 is 1.79 bits per heavy atom. The Kier molecular flexibility index (Phi) is 8.89. The molecule has 0 radical (unpaired) electrons. The van der Waals surface area contributed by atoms with Crippen molar-refractivity contribution < 1.29 is 23.7 Å². The fourth-order valence-corrected chi connectivity index (χ4v) is 9.23. The van der Waals surface area contributed by atoms with E-state index in [9.17, 15) is 4.79 Å². The van der Waals surface area contributed by atoms with Crippen molar-refractivity contribution in [1.82, 2.24) is 4.90 Å². The lowest BCUT2D eigenvalue weighted by atomic mass is 9.46. The van der Waals surface area contributed by atoms with Crippen LogP contribution in [0.3, 0.4) is 0 Å². The number of rotatable bonds is 8. The zero-order valence-electron chi connectivity index (χ0n) is 25.5. The molecule has 0 amide bonds. The van der Waals surface area contributed by atoms with Crippen molar-refractivity contribution in [2.45, 2.75) is 129 Å². The van der Waals surface area contributed by atoms with E-state index in [2.05, 4.69) is 25.3 Å². The lowest BCUT2D eigenvalue weighted by Gasteiger charge is -2.63. The fraction of sp³-hybridized carbons (Fsp3) is 0.909. The maximum Gasteiger partial charge on any atom is 0.325 e. The molecular formula is C33H55NO5. The maximum absolute atomic E-state index is 12.4. The van der Waals surface area contributed by atoms with Gasteiger partial charge in [-0.05, 0) is 95.8 Å². The van der Waals surface area contributed by atoms with Gasteiger partial charge in [-0.25, -0.2) is 0 Å². The molecule has 0 spiro atoms. The first-order valence-corrected chi connectivity index (χ1v) is 16.1.